The summed E-state index contributed by atoms with van der Waals surface area (Å²) in [5.41, 5.74) is 12.5. The third kappa shape index (κ3) is 5.34. The summed E-state index contributed by atoms with van der Waals surface area (Å²) in [5, 5.41) is 12.2. The number of nitrogens with one attached hydrogen (secondary N) is 2. The zero-order valence-corrected chi connectivity index (χ0v) is 30.5. The molecule has 266 valence electrons. The molecule has 56 heavy (non-hydrogen) atoms. The van der Waals surface area contributed by atoms with Crippen LogP contribution < -0.4 is 10.6 Å². The van der Waals surface area contributed by atoms with Gasteiger partial charge in [0.15, 0.2) is 5.84 Å². The largest absolute Gasteiger partial charge is 0.385 e. The van der Waals surface area contributed by atoms with Crippen LogP contribution >= 0.6 is 0 Å². The summed E-state index contributed by atoms with van der Waals surface area (Å²) >= 11 is 0. The first-order chi connectivity index (χ1) is 27.8. The predicted molar refractivity (Wildman–Crippen MR) is 232 cm³/mol. The van der Waals surface area contributed by atoms with Gasteiger partial charge in [-0.15, -0.1) is 0 Å². The Bertz CT molecular complexity index is 3090. The average Bonchev–Trinajstić information content (AvgIpc) is 3.79. The fourth-order valence-corrected chi connectivity index (χ4v) is 8.41. The predicted octanol–water partition coefficient (Wildman–Crippen LogP) is 11.0. The van der Waals surface area contributed by atoms with E-state index >= 15 is 0 Å². The molecule has 0 spiro atoms. The molecule has 2 N–H and O–H groups in total. The van der Waals surface area contributed by atoms with E-state index in [2.05, 4.69) is 184 Å². The first-order valence-electron chi connectivity index (χ1n) is 19.1. The molecule has 2 aromatic heterocycles. The molecule has 1 unspecified atom stereocenters. The Morgan fingerprint density at radius 1 is 0.500 bits per heavy atom. The van der Waals surface area contributed by atoms with Crippen LogP contribution in [0.4, 0.5) is 0 Å². The van der Waals surface area contributed by atoms with Crippen molar-refractivity contribution >= 4 is 61.0 Å². The van der Waals surface area contributed by atoms with Gasteiger partial charge in [0.1, 0.15) is 12.0 Å². The van der Waals surface area contributed by atoms with Gasteiger partial charge in [0, 0.05) is 50.3 Å². The Labute approximate surface area is 324 Å². The average molecular weight is 721 g/mol. The number of hydrogen-bond donors (Lipinski definition) is 2. The molecule has 6 heteroatoms. The zero-order valence-electron chi connectivity index (χ0n) is 30.5. The number of benzene rings is 7. The lowest BCUT2D eigenvalue weighted by Crippen LogP contribution is -2.35. The van der Waals surface area contributed by atoms with Gasteiger partial charge in [-0.1, -0.05) is 127 Å². The number of para-hydroxylation sites is 3. The van der Waals surface area contributed by atoms with Crippen molar-refractivity contribution in [1.29, 1.82) is 0 Å². The van der Waals surface area contributed by atoms with E-state index in [0.717, 1.165) is 33.9 Å². The number of aliphatic imine (C=N–C) groups is 2. The molecule has 0 amide bonds. The second-order valence-corrected chi connectivity index (χ2v) is 14.4. The van der Waals surface area contributed by atoms with Crippen LogP contribution in [0.2, 0.25) is 0 Å². The van der Waals surface area contributed by atoms with Crippen molar-refractivity contribution in [2.24, 2.45) is 9.98 Å². The van der Waals surface area contributed by atoms with E-state index in [9.17, 15) is 0 Å². The van der Waals surface area contributed by atoms with Crippen molar-refractivity contribution in [2.45, 2.75) is 6.17 Å². The summed E-state index contributed by atoms with van der Waals surface area (Å²) in [6.07, 6.45) is 4.05. The highest BCUT2D eigenvalue weighted by molar-refractivity contribution is 6.16. The van der Waals surface area contributed by atoms with Crippen molar-refractivity contribution in [3.8, 4) is 16.8 Å². The third-order valence-corrected chi connectivity index (χ3v) is 11.0. The smallest absolute Gasteiger partial charge is 0.159 e. The maximum Gasteiger partial charge on any atom is 0.159 e. The van der Waals surface area contributed by atoms with Crippen LogP contribution in [-0.2, 0) is 0 Å². The van der Waals surface area contributed by atoms with Gasteiger partial charge in [-0.25, -0.2) is 9.98 Å². The Hall–Kier alpha value is -7.44. The molecule has 7 aromatic carbocycles. The molecule has 9 aromatic rings. The number of amidine groups is 2. The van der Waals surface area contributed by atoms with Gasteiger partial charge in [-0.3, -0.25) is 0 Å². The molecule has 2 aliphatic rings. The van der Waals surface area contributed by atoms with Crippen LogP contribution in [-0.4, -0.2) is 27.4 Å². The Morgan fingerprint density at radius 3 is 1.73 bits per heavy atom. The maximum atomic E-state index is 5.09. The number of rotatable bonds is 6. The van der Waals surface area contributed by atoms with Crippen LogP contribution in [0.3, 0.4) is 0 Å². The minimum absolute atomic E-state index is 0.264. The van der Waals surface area contributed by atoms with Crippen LogP contribution in [0, 0.1) is 0 Å². The first-order valence-corrected chi connectivity index (χ1v) is 19.1. The second kappa shape index (κ2) is 13.1. The highest BCUT2D eigenvalue weighted by Crippen LogP contribution is 2.38. The van der Waals surface area contributed by atoms with Crippen LogP contribution in [0.1, 0.15) is 17.3 Å². The maximum absolute atomic E-state index is 5.09. The SMILES string of the molecule is C1=C(C2=NC(c3ccccc3)=NC(c3ccccc3)N2)C=C(n2c3ccccc3c3cc(-c4ccc5c(c4)c4ccccc4n5-c4ccccc4)ccc32)CN1. The summed E-state index contributed by atoms with van der Waals surface area (Å²) in [6, 6.07) is 62.4. The van der Waals surface area contributed by atoms with E-state index in [1.54, 1.807) is 0 Å². The summed E-state index contributed by atoms with van der Waals surface area (Å²) < 4.78 is 4.76. The molecule has 6 nitrogen and oxygen atoms in total. The van der Waals surface area contributed by atoms with E-state index < -0.39 is 0 Å². The van der Waals surface area contributed by atoms with Crippen molar-refractivity contribution in [3.63, 3.8) is 0 Å². The Kier molecular flexibility index (Phi) is 7.52. The van der Waals surface area contributed by atoms with Gasteiger partial charge in [-0.2, -0.15) is 0 Å². The molecule has 2 aliphatic heterocycles. The third-order valence-electron chi connectivity index (χ3n) is 11.0. The molecule has 0 fully saturated rings. The molecule has 11 rings (SSSR count). The zero-order chi connectivity index (χ0) is 37.0. The van der Waals surface area contributed by atoms with Gasteiger partial charge in [0.25, 0.3) is 0 Å². The number of dihydropyridines is 1. The number of hydrogen-bond acceptors (Lipinski definition) is 4. The van der Waals surface area contributed by atoms with Crippen LogP contribution in [0.5, 0.6) is 0 Å². The molecule has 0 bridgehead atoms. The standard InChI is InChI=1S/C50H36N6/c1-4-14-33(15-5-1)48-52-49(34-16-6-2-7-17-34)54-50(53-48)37-28-39(32-51-31-37)56-45-23-13-11-21-41(45)43-30-36(25-27-47(43)56)35-24-26-46-42(29-35)40-20-10-12-22-44(40)55(46)38-18-8-3-9-19-38/h1-31,48,51H,32H2,(H,52,53,54). The van der Waals surface area contributed by atoms with Crippen molar-refractivity contribution in [3.05, 3.63) is 205 Å². The van der Waals surface area contributed by atoms with Crippen molar-refractivity contribution in [1.82, 2.24) is 19.8 Å². The summed E-state index contributed by atoms with van der Waals surface area (Å²) in [7, 11) is 0. The van der Waals surface area contributed by atoms with Gasteiger partial charge >= 0.3 is 0 Å². The Morgan fingerprint density at radius 2 is 1.05 bits per heavy atom. The first kappa shape index (κ1) is 32.0. The van der Waals surface area contributed by atoms with Gasteiger partial charge < -0.3 is 19.8 Å². The number of aromatic nitrogens is 2. The monoisotopic (exact) mass is 720 g/mol. The molecular formula is C50H36N6. The van der Waals surface area contributed by atoms with Crippen molar-refractivity contribution in [2.75, 3.05) is 6.54 Å². The molecule has 1 atom stereocenters. The van der Waals surface area contributed by atoms with E-state index in [1.807, 2.05) is 24.3 Å². The van der Waals surface area contributed by atoms with E-state index in [0.29, 0.717) is 12.4 Å². The normalized spacial score (nSPS) is 15.6. The highest BCUT2D eigenvalue weighted by Gasteiger charge is 2.24. The molecular weight excluding hydrogens is 685 g/mol. The van der Waals surface area contributed by atoms with Gasteiger partial charge in [0.05, 0.1) is 28.6 Å². The summed E-state index contributed by atoms with van der Waals surface area (Å²) in [4.78, 5) is 10.1. The van der Waals surface area contributed by atoms with E-state index in [4.69, 9.17) is 9.98 Å². The minimum atomic E-state index is -0.264. The lowest BCUT2D eigenvalue weighted by molar-refractivity contribution is 0.673. The Balaban J connectivity index is 1.01. The van der Waals surface area contributed by atoms with Gasteiger partial charge in [0.2, 0.25) is 0 Å². The fourth-order valence-electron chi connectivity index (χ4n) is 8.41. The van der Waals surface area contributed by atoms with Crippen LogP contribution in [0.25, 0.3) is 66.1 Å². The minimum Gasteiger partial charge on any atom is -0.385 e. The number of nitrogens with zero attached hydrogens (tertiary/aromatic N) is 4. The van der Waals surface area contributed by atoms with Crippen LogP contribution in [0.15, 0.2) is 204 Å². The summed E-state index contributed by atoms with van der Waals surface area (Å²) in [6.45, 7) is 0.677. The van der Waals surface area contributed by atoms with E-state index in [1.165, 1.54) is 54.7 Å². The molecule has 0 saturated carbocycles. The number of fused-ring (bicyclic) bond motifs is 6. The topological polar surface area (TPSA) is 58.6 Å². The lowest BCUT2D eigenvalue weighted by Gasteiger charge is -2.26. The molecule has 0 saturated heterocycles. The van der Waals surface area contributed by atoms with Gasteiger partial charge in [-0.05, 0) is 71.3 Å². The molecule has 4 heterocycles. The summed E-state index contributed by atoms with van der Waals surface area (Å²) in [5.74, 6) is 1.49. The quantitative estimate of drug-likeness (QED) is 0.180. The van der Waals surface area contributed by atoms with E-state index in [-0.39, 0.29) is 6.17 Å². The molecule has 0 aliphatic carbocycles. The van der Waals surface area contributed by atoms with Crippen molar-refractivity contribution < 1.29 is 0 Å². The fraction of sp³-hybridized carbons (Fsp3) is 0.0400. The second-order valence-electron chi connectivity index (χ2n) is 14.4. The molecule has 0 radical (unpaired) electrons. The highest BCUT2D eigenvalue weighted by atomic mass is 15.2. The lowest BCUT2D eigenvalue weighted by atomic mass is 10.0.